The number of ether oxygens (including phenoxy) is 1. The van der Waals surface area contributed by atoms with E-state index in [4.69, 9.17) is 4.74 Å². The van der Waals surface area contributed by atoms with Gasteiger partial charge in [0.2, 0.25) is 0 Å². The third kappa shape index (κ3) is 6.55. The second-order valence-electron chi connectivity index (χ2n) is 5.65. The van der Waals surface area contributed by atoms with Crippen molar-refractivity contribution in [1.82, 2.24) is 5.32 Å². The largest absolute Gasteiger partial charge is 0.379 e. The number of benzene rings is 1. The monoisotopic (exact) mass is 327 g/mol. The summed E-state index contributed by atoms with van der Waals surface area (Å²) >= 11 is 3.48. The van der Waals surface area contributed by atoms with Crippen molar-refractivity contribution < 1.29 is 4.74 Å². The van der Waals surface area contributed by atoms with Crippen LogP contribution in [0.2, 0.25) is 0 Å². The normalized spacial score (nSPS) is 13.5. The topological polar surface area (TPSA) is 21.3 Å². The summed E-state index contributed by atoms with van der Waals surface area (Å²) in [6, 6.07) is 9.03. The zero-order chi connectivity index (χ0) is 14.3. The Morgan fingerprint density at radius 2 is 1.89 bits per heavy atom. The summed E-state index contributed by atoms with van der Waals surface area (Å²) in [6.45, 7) is 7.55. The fraction of sp³-hybridized carbons (Fsp3) is 0.625. The Morgan fingerprint density at radius 1 is 1.26 bits per heavy atom. The van der Waals surface area contributed by atoms with Gasteiger partial charge >= 0.3 is 0 Å². The molecule has 108 valence electrons. The van der Waals surface area contributed by atoms with E-state index in [0.717, 1.165) is 30.3 Å². The van der Waals surface area contributed by atoms with Crippen molar-refractivity contribution in [3.05, 3.63) is 34.3 Å². The minimum atomic E-state index is -0.0826. The first-order chi connectivity index (χ1) is 8.96. The Balaban J connectivity index is 2.65. The maximum Gasteiger partial charge on any atom is 0.0637 e. The molecule has 0 aliphatic carbocycles. The van der Waals surface area contributed by atoms with E-state index in [2.05, 4.69) is 66.3 Å². The minimum Gasteiger partial charge on any atom is -0.379 e. The van der Waals surface area contributed by atoms with Gasteiger partial charge in [-0.2, -0.15) is 0 Å². The maximum absolute atomic E-state index is 5.56. The highest BCUT2D eigenvalue weighted by molar-refractivity contribution is 9.10. The molecule has 1 atom stereocenters. The second-order valence-corrected chi connectivity index (χ2v) is 6.57. The SMILES string of the molecule is CCCNC(Cc1ccc(Br)cc1)CC(C)(C)OC. The fourth-order valence-corrected chi connectivity index (χ4v) is 2.41. The highest BCUT2D eigenvalue weighted by atomic mass is 79.9. The molecule has 0 aromatic heterocycles. The molecule has 0 saturated heterocycles. The molecule has 0 amide bonds. The molecule has 0 spiro atoms. The Labute approximate surface area is 126 Å². The van der Waals surface area contributed by atoms with Crippen LogP contribution in [0.1, 0.15) is 39.2 Å². The number of hydrogen-bond acceptors (Lipinski definition) is 2. The van der Waals surface area contributed by atoms with Crippen LogP contribution in [0.15, 0.2) is 28.7 Å². The molecule has 2 nitrogen and oxygen atoms in total. The summed E-state index contributed by atoms with van der Waals surface area (Å²) in [5.41, 5.74) is 1.28. The van der Waals surface area contributed by atoms with Crippen molar-refractivity contribution in [2.24, 2.45) is 0 Å². The van der Waals surface area contributed by atoms with Crippen LogP contribution in [0.5, 0.6) is 0 Å². The van der Waals surface area contributed by atoms with E-state index in [1.807, 2.05) is 0 Å². The van der Waals surface area contributed by atoms with Crippen LogP contribution >= 0.6 is 15.9 Å². The number of hydrogen-bond donors (Lipinski definition) is 1. The predicted molar refractivity (Wildman–Crippen MR) is 85.6 cm³/mol. The average Bonchev–Trinajstić information content (AvgIpc) is 2.38. The molecule has 19 heavy (non-hydrogen) atoms. The molecule has 1 N–H and O–H groups in total. The standard InChI is InChI=1S/C16H26BrNO/c1-5-10-18-15(12-16(2,3)19-4)11-13-6-8-14(17)9-7-13/h6-9,15,18H,5,10-12H2,1-4H3. The Morgan fingerprint density at radius 3 is 2.42 bits per heavy atom. The van der Waals surface area contributed by atoms with Crippen LogP contribution in [0.25, 0.3) is 0 Å². The molecule has 0 aliphatic heterocycles. The van der Waals surface area contributed by atoms with Gasteiger partial charge < -0.3 is 10.1 Å². The molecule has 0 radical (unpaired) electrons. The number of halogens is 1. The molecule has 1 unspecified atom stereocenters. The fourth-order valence-electron chi connectivity index (χ4n) is 2.15. The van der Waals surface area contributed by atoms with Gasteiger partial charge in [0.25, 0.3) is 0 Å². The van der Waals surface area contributed by atoms with E-state index < -0.39 is 0 Å². The van der Waals surface area contributed by atoms with Crippen LogP contribution in [-0.4, -0.2) is 25.3 Å². The highest BCUT2D eigenvalue weighted by Crippen LogP contribution is 2.19. The van der Waals surface area contributed by atoms with Crippen molar-refractivity contribution >= 4 is 15.9 Å². The van der Waals surface area contributed by atoms with Gasteiger partial charge in [-0.25, -0.2) is 0 Å². The Kier molecular flexibility index (Phi) is 7.05. The van der Waals surface area contributed by atoms with Crippen molar-refractivity contribution in [2.75, 3.05) is 13.7 Å². The second kappa shape index (κ2) is 8.03. The number of rotatable bonds is 8. The van der Waals surface area contributed by atoms with Gasteiger partial charge in [-0.1, -0.05) is 35.0 Å². The molecule has 0 fully saturated rings. The van der Waals surface area contributed by atoms with Crippen molar-refractivity contribution in [1.29, 1.82) is 0 Å². The van der Waals surface area contributed by atoms with Gasteiger partial charge in [-0.15, -0.1) is 0 Å². The lowest BCUT2D eigenvalue weighted by Gasteiger charge is -2.29. The van der Waals surface area contributed by atoms with E-state index in [1.54, 1.807) is 7.11 Å². The van der Waals surface area contributed by atoms with Crippen LogP contribution in [-0.2, 0) is 11.2 Å². The number of nitrogens with one attached hydrogen (secondary N) is 1. The van der Waals surface area contributed by atoms with Crippen LogP contribution in [0.4, 0.5) is 0 Å². The van der Waals surface area contributed by atoms with Crippen molar-refractivity contribution in [2.45, 2.75) is 51.7 Å². The van der Waals surface area contributed by atoms with E-state index in [9.17, 15) is 0 Å². The summed E-state index contributed by atoms with van der Waals surface area (Å²) in [5.74, 6) is 0. The molecular formula is C16H26BrNO. The smallest absolute Gasteiger partial charge is 0.0637 e. The average molecular weight is 328 g/mol. The van der Waals surface area contributed by atoms with E-state index in [1.165, 1.54) is 5.56 Å². The first-order valence-electron chi connectivity index (χ1n) is 7.00. The molecular weight excluding hydrogens is 302 g/mol. The molecule has 1 aromatic carbocycles. The van der Waals surface area contributed by atoms with E-state index >= 15 is 0 Å². The Bertz CT molecular complexity index is 362. The van der Waals surface area contributed by atoms with E-state index in [0.29, 0.717) is 6.04 Å². The lowest BCUT2D eigenvalue weighted by molar-refractivity contribution is 0.00714. The number of methoxy groups -OCH3 is 1. The maximum atomic E-state index is 5.56. The summed E-state index contributed by atoms with van der Waals surface area (Å²) in [7, 11) is 1.79. The van der Waals surface area contributed by atoms with Crippen molar-refractivity contribution in [3.8, 4) is 0 Å². The van der Waals surface area contributed by atoms with Crippen LogP contribution < -0.4 is 5.32 Å². The third-order valence-corrected chi connectivity index (χ3v) is 3.90. The van der Waals surface area contributed by atoms with Gasteiger partial charge in [0.05, 0.1) is 5.60 Å². The molecule has 3 heteroatoms. The third-order valence-electron chi connectivity index (χ3n) is 3.37. The van der Waals surface area contributed by atoms with Gasteiger partial charge in [-0.05, 0) is 57.4 Å². The van der Waals surface area contributed by atoms with Crippen LogP contribution in [0, 0.1) is 0 Å². The summed E-state index contributed by atoms with van der Waals surface area (Å²) in [5, 5.41) is 3.63. The summed E-state index contributed by atoms with van der Waals surface area (Å²) in [4.78, 5) is 0. The summed E-state index contributed by atoms with van der Waals surface area (Å²) in [6.07, 6.45) is 3.21. The lowest BCUT2D eigenvalue weighted by atomic mass is 9.94. The van der Waals surface area contributed by atoms with Gasteiger partial charge in [0.1, 0.15) is 0 Å². The van der Waals surface area contributed by atoms with Gasteiger partial charge in [0, 0.05) is 17.6 Å². The zero-order valence-electron chi connectivity index (χ0n) is 12.5. The van der Waals surface area contributed by atoms with Gasteiger partial charge in [0.15, 0.2) is 0 Å². The molecule has 0 bridgehead atoms. The molecule has 1 aromatic rings. The molecule has 0 heterocycles. The first kappa shape index (κ1) is 16.7. The molecule has 1 rings (SSSR count). The quantitative estimate of drug-likeness (QED) is 0.773. The van der Waals surface area contributed by atoms with Crippen molar-refractivity contribution in [3.63, 3.8) is 0 Å². The first-order valence-corrected chi connectivity index (χ1v) is 7.79. The lowest BCUT2D eigenvalue weighted by Crippen LogP contribution is -2.39. The highest BCUT2D eigenvalue weighted by Gasteiger charge is 2.22. The molecule has 0 saturated carbocycles. The zero-order valence-corrected chi connectivity index (χ0v) is 14.1. The van der Waals surface area contributed by atoms with E-state index in [-0.39, 0.29) is 5.60 Å². The minimum absolute atomic E-state index is 0.0826. The molecule has 0 aliphatic rings. The summed E-state index contributed by atoms with van der Waals surface area (Å²) < 4.78 is 6.69. The Hall–Kier alpha value is -0.380. The predicted octanol–water partition coefficient (Wildman–Crippen LogP) is 4.17. The van der Waals surface area contributed by atoms with Crippen LogP contribution in [0.3, 0.4) is 0 Å². The van der Waals surface area contributed by atoms with Gasteiger partial charge in [-0.3, -0.25) is 0 Å².